The number of alkyl halides is 1. The maximum atomic E-state index is 5.66. The standard InChI is InChI=1S/C13H26ClN/c1-13(2,11-15-10-6-9-14)12-7-4-3-5-8-12/h12,15H,3-11H2,1-2H3. The Balaban J connectivity index is 2.23. The quantitative estimate of drug-likeness (QED) is 0.542. The van der Waals surface area contributed by atoms with Crippen molar-refractivity contribution in [3.63, 3.8) is 0 Å². The highest BCUT2D eigenvalue weighted by Crippen LogP contribution is 2.37. The maximum Gasteiger partial charge on any atom is 0.0235 e. The van der Waals surface area contributed by atoms with Crippen LogP contribution < -0.4 is 5.32 Å². The van der Waals surface area contributed by atoms with Gasteiger partial charge in [0.2, 0.25) is 0 Å². The van der Waals surface area contributed by atoms with Crippen LogP contribution in [-0.4, -0.2) is 19.0 Å². The van der Waals surface area contributed by atoms with E-state index in [1.165, 1.54) is 32.1 Å². The first-order valence-electron chi connectivity index (χ1n) is 6.43. The zero-order valence-corrected chi connectivity index (χ0v) is 11.1. The number of nitrogens with one attached hydrogen (secondary N) is 1. The molecule has 1 N–H and O–H groups in total. The highest BCUT2D eigenvalue weighted by Gasteiger charge is 2.29. The predicted molar refractivity (Wildman–Crippen MR) is 68.6 cm³/mol. The number of hydrogen-bond donors (Lipinski definition) is 1. The molecule has 1 aliphatic carbocycles. The van der Waals surface area contributed by atoms with Crippen LogP contribution in [0.2, 0.25) is 0 Å². The molecule has 0 unspecified atom stereocenters. The van der Waals surface area contributed by atoms with Crippen LogP contribution in [0, 0.1) is 11.3 Å². The van der Waals surface area contributed by atoms with E-state index in [0.29, 0.717) is 5.41 Å². The molecule has 0 bridgehead atoms. The highest BCUT2D eigenvalue weighted by molar-refractivity contribution is 6.17. The van der Waals surface area contributed by atoms with E-state index in [0.717, 1.165) is 31.3 Å². The van der Waals surface area contributed by atoms with Gasteiger partial charge >= 0.3 is 0 Å². The molecule has 0 saturated heterocycles. The molecule has 0 aromatic heterocycles. The van der Waals surface area contributed by atoms with Crippen LogP contribution in [0.1, 0.15) is 52.4 Å². The Hall–Kier alpha value is 0.250. The molecule has 1 aliphatic rings. The van der Waals surface area contributed by atoms with Crippen molar-refractivity contribution >= 4 is 11.6 Å². The molecular weight excluding hydrogens is 206 g/mol. The van der Waals surface area contributed by atoms with E-state index in [1.807, 2.05) is 0 Å². The topological polar surface area (TPSA) is 12.0 Å². The first-order chi connectivity index (χ1) is 7.17. The van der Waals surface area contributed by atoms with Gasteiger partial charge in [0.15, 0.2) is 0 Å². The van der Waals surface area contributed by atoms with Gasteiger partial charge in [0, 0.05) is 12.4 Å². The Kier molecular flexibility index (Phi) is 5.99. The van der Waals surface area contributed by atoms with Gasteiger partial charge < -0.3 is 5.32 Å². The van der Waals surface area contributed by atoms with Crippen molar-refractivity contribution in [2.24, 2.45) is 11.3 Å². The van der Waals surface area contributed by atoms with Crippen molar-refractivity contribution in [2.75, 3.05) is 19.0 Å². The normalized spacial score (nSPS) is 19.4. The molecule has 90 valence electrons. The van der Waals surface area contributed by atoms with Crippen molar-refractivity contribution in [2.45, 2.75) is 52.4 Å². The molecule has 1 rings (SSSR count). The van der Waals surface area contributed by atoms with Crippen molar-refractivity contribution in [3.8, 4) is 0 Å². The van der Waals surface area contributed by atoms with Crippen LogP contribution in [0.3, 0.4) is 0 Å². The Morgan fingerprint density at radius 3 is 2.47 bits per heavy atom. The maximum absolute atomic E-state index is 5.66. The third-order valence-corrected chi connectivity index (χ3v) is 4.05. The van der Waals surface area contributed by atoms with Gasteiger partial charge in [0.25, 0.3) is 0 Å². The zero-order valence-electron chi connectivity index (χ0n) is 10.3. The smallest absolute Gasteiger partial charge is 0.0235 e. The number of rotatable bonds is 6. The third kappa shape index (κ3) is 4.74. The van der Waals surface area contributed by atoms with Gasteiger partial charge in [-0.1, -0.05) is 33.1 Å². The summed E-state index contributed by atoms with van der Waals surface area (Å²) in [5, 5.41) is 3.54. The largest absolute Gasteiger partial charge is 0.316 e. The summed E-state index contributed by atoms with van der Waals surface area (Å²) in [4.78, 5) is 0. The summed E-state index contributed by atoms with van der Waals surface area (Å²) in [6.07, 6.45) is 8.29. The summed E-state index contributed by atoms with van der Waals surface area (Å²) in [6.45, 7) is 7.04. The fourth-order valence-electron chi connectivity index (χ4n) is 2.63. The van der Waals surface area contributed by atoms with Crippen molar-refractivity contribution in [3.05, 3.63) is 0 Å². The molecule has 0 radical (unpaired) electrons. The molecule has 1 nitrogen and oxygen atoms in total. The summed E-state index contributed by atoms with van der Waals surface area (Å²) in [6, 6.07) is 0. The summed E-state index contributed by atoms with van der Waals surface area (Å²) in [5.74, 6) is 1.70. The van der Waals surface area contributed by atoms with E-state index in [9.17, 15) is 0 Å². The fraction of sp³-hybridized carbons (Fsp3) is 1.00. The van der Waals surface area contributed by atoms with E-state index in [-0.39, 0.29) is 0 Å². The Morgan fingerprint density at radius 1 is 1.20 bits per heavy atom. The third-order valence-electron chi connectivity index (χ3n) is 3.78. The zero-order chi connectivity index (χ0) is 11.1. The van der Waals surface area contributed by atoms with Gasteiger partial charge in [0.1, 0.15) is 0 Å². The lowest BCUT2D eigenvalue weighted by atomic mass is 9.71. The second-order valence-electron chi connectivity index (χ2n) is 5.54. The molecule has 0 aromatic carbocycles. The molecule has 0 aromatic rings. The van der Waals surface area contributed by atoms with Crippen LogP contribution in [0.25, 0.3) is 0 Å². The van der Waals surface area contributed by atoms with Crippen molar-refractivity contribution in [1.82, 2.24) is 5.32 Å². The van der Waals surface area contributed by atoms with Crippen LogP contribution >= 0.6 is 11.6 Å². The molecule has 1 fully saturated rings. The molecule has 1 saturated carbocycles. The summed E-state index contributed by atoms with van der Waals surface area (Å²) < 4.78 is 0. The molecule has 0 heterocycles. The molecule has 0 atom stereocenters. The lowest BCUT2D eigenvalue weighted by molar-refractivity contribution is 0.154. The minimum atomic E-state index is 0.465. The van der Waals surface area contributed by atoms with E-state index in [1.54, 1.807) is 0 Å². The molecule has 0 spiro atoms. The summed E-state index contributed by atoms with van der Waals surface area (Å²) in [5.41, 5.74) is 0.465. The van der Waals surface area contributed by atoms with Crippen molar-refractivity contribution < 1.29 is 0 Å². The van der Waals surface area contributed by atoms with Crippen molar-refractivity contribution in [1.29, 1.82) is 0 Å². The number of hydrogen-bond acceptors (Lipinski definition) is 1. The van der Waals surface area contributed by atoms with E-state index < -0.39 is 0 Å². The van der Waals surface area contributed by atoms with Gasteiger partial charge in [-0.2, -0.15) is 0 Å². The minimum Gasteiger partial charge on any atom is -0.316 e. The van der Waals surface area contributed by atoms with E-state index in [2.05, 4.69) is 19.2 Å². The van der Waals surface area contributed by atoms with E-state index >= 15 is 0 Å². The van der Waals surface area contributed by atoms with Gasteiger partial charge in [-0.25, -0.2) is 0 Å². The lowest BCUT2D eigenvalue weighted by Crippen LogP contribution is -2.37. The lowest BCUT2D eigenvalue weighted by Gasteiger charge is -2.37. The van der Waals surface area contributed by atoms with Crippen LogP contribution in [0.15, 0.2) is 0 Å². The summed E-state index contributed by atoms with van der Waals surface area (Å²) >= 11 is 5.66. The Morgan fingerprint density at radius 2 is 1.87 bits per heavy atom. The first-order valence-corrected chi connectivity index (χ1v) is 6.97. The average molecular weight is 232 g/mol. The van der Waals surface area contributed by atoms with Crippen LogP contribution in [0.5, 0.6) is 0 Å². The second kappa shape index (κ2) is 6.75. The van der Waals surface area contributed by atoms with Gasteiger partial charge in [-0.05, 0) is 37.1 Å². The first kappa shape index (κ1) is 13.3. The predicted octanol–water partition coefficient (Wildman–Crippen LogP) is 3.81. The molecular formula is C13H26ClN. The Bertz CT molecular complexity index is 162. The monoisotopic (exact) mass is 231 g/mol. The Labute approximate surface area is 100.0 Å². The highest BCUT2D eigenvalue weighted by atomic mass is 35.5. The SMILES string of the molecule is CC(C)(CNCCCCl)C1CCCCC1. The second-order valence-corrected chi connectivity index (χ2v) is 5.92. The number of halogens is 1. The van der Waals surface area contributed by atoms with Gasteiger partial charge in [-0.3, -0.25) is 0 Å². The molecule has 0 aliphatic heterocycles. The van der Waals surface area contributed by atoms with Crippen LogP contribution in [-0.2, 0) is 0 Å². The molecule has 0 amide bonds. The van der Waals surface area contributed by atoms with Gasteiger partial charge in [-0.15, -0.1) is 11.6 Å². The van der Waals surface area contributed by atoms with E-state index in [4.69, 9.17) is 11.6 Å². The fourth-order valence-corrected chi connectivity index (χ4v) is 2.76. The van der Waals surface area contributed by atoms with Gasteiger partial charge in [0.05, 0.1) is 0 Å². The summed E-state index contributed by atoms with van der Waals surface area (Å²) in [7, 11) is 0. The van der Waals surface area contributed by atoms with Crippen LogP contribution in [0.4, 0.5) is 0 Å². The minimum absolute atomic E-state index is 0.465. The average Bonchev–Trinajstić information content (AvgIpc) is 2.26. The molecule has 15 heavy (non-hydrogen) atoms. The molecule has 2 heteroatoms.